The van der Waals surface area contributed by atoms with Crippen molar-refractivity contribution in [1.82, 2.24) is 0 Å². The van der Waals surface area contributed by atoms with E-state index in [1.165, 1.54) is 0 Å². The van der Waals surface area contributed by atoms with Gasteiger partial charge in [-0.05, 0) is 47.9 Å². The van der Waals surface area contributed by atoms with Crippen molar-refractivity contribution in [3.05, 3.63) is 51.2 Å². The van der Waals surface area contributed by atoms with Crippen molar-refractivity contribution < 1.29 is 4.74 Å². The van der Waals surface area contributed by atoms with Crippen LogP contribution in [0.4, 0.5) is 0 Å². The van der Waals surface area contributed by atoms with Gasteiger partial charge in [-0.3, -0.25) is 0 Å². The fraction of sp³-hybridized carbons (Fsp3) is 0.333. The van der Waals surface area contributed by atoms with E-state index in [4.69, 9.17) is 22.1 Å². The van der Waals surface area contributed by atoms with E-state index < -0.39 is 0 Å². The molecule has 2 unspecified atom stereocenters. The Kier molecular flexibility index (Phi) is 4.86. The highest BCUT2D eigenvalue weighted by Crippen LogP contribution is 2.32. The Morgan fingerprint density at radius 3 is 2.79 bits per heavy atom. The molecule has 19 heavy (non-hydrogen) atoms. The van der Waals surface area contributed by atoms with Gasteiger partial charge in [0.05, 0.1) is 5.02 Å². The zero-order valence-corrected chi connectivity index (χ0v) is 12.7. The highest BCUT2D eigenvalue weighted by molar-refractivity contribution is 7.07. The lowest BCUT2D eigenvalue weighted by molar-refractivity contribution is 0.171. The van der Waals surface area contributed by atoms with Crippen LogP contribution < -0.4 is 10.5 Å². The van der Waals surface area contributed by atoms with Crippen molar-refractivity contribution in [2.24, 2.45) is 5.73 Å². The van der Waals surface area contributed by atoms with E-state index >= 15 is 0 Å². The van der Waals surface area contributed by atoms with Gasteiger partial charge >= 0.3 is 0 Å². The average Bonchev–Trinajstić information content (AvgIpc) is 2.92. The van der Waals surface area contributed by atoms with Crippen molar-refractivity contribution in [2.45, 2.75) is 32.4 Å². The standard InChI is InChI=1S/C15H18ClNOS/c1-3-13(17)15(11-6-7-19-9-11)18-14-8-10(2)4-5-12(14)16/h4-9,13,15H,3,17H2,1-2H3. The first kappa shape index (κ1) is 14.4. The molecule has 0 radical (unpaired) electrons. The summed E-state index contributed by atoms with van der Waals surface area (Å²) >= 11 is 7.83. The summed E-state index contributed by atoms with van der Waals surface area (Å²) in [5.41, 5.74) is 8.41. The summed E-state index contributed by atoms with van der Waals surface area (Å²) < 4.78 is 6.07. The van der Waals surface area contributed by atoms with Gasteiger partial charge < -0.3 is 10.5 Å². The zero-order chi connectivity index (χ0) is 13.8. The number of benzene rings is 1. The molecule has 2 rings (SSSR count). The molecule has 1 aromatic heterocycles. The molecule has 2 nitrogen and oxygen atoms in total. The molecule has 2 N–H and O–H groups in total. The summed E-state index contributed by atoms with van der Waals surface area (Å²) in [6.07, 6.45) is 0.694. The summed E-state index contributed by atoms with van der Waals surface area (Å²) in [5, 5.41) is 4.73. The number of ether oxygens (including phenoxy) is 1. The van der Waals surface area contributed by atoms with Crippen LogP contribution in [-0.2, 0) is 0 Å². The molecule has 0 spiro atoms. The summed E-state index contributed by atoms with van der Waals surface area (Å²) in [6.45, 7) is 4.08. The van der Waals surface area contributed by atoms with Crippen molar-refractivity contribution in [3.63, 3.8) is 0 Å². The summed E-state index contributed by atoms with van der Waals surface area (Å²) in [7, 11) is 0. The quantitative estimate of drug-likeness (QED) is 0.877. The predicted octanol–water partition coefficient (Wildman–Crippen LogP) is 4.57. The Hall–Kier alpha value is -1.03. The molecular formula is C15H18ClNOS. The summed E-state index contributed by atoms with van der Waals surface area (Å²) in [4.78, 5) is 0. The minimum Gasteiger partial charge on any atom is -0.483 e. The first-order valence-corrected chi connectivity index (χ1v) is 7.64. The molecule has 2 atom stereocenters. The number of nitrogens with two attached hydrogens (primary N) is 1. The highest BCUT2D eigenvalue weighted by Gasteiger charge is 2.22. The third-order valence-electron chi connectivity index (χ3n) is 3.07. The molecule has 1 heterocycles. The van der Waals surface area contributed by atoms with Gasteiger partial charge in [0.15, 0.2) is 0 Å². The fourth-order valence-electron chi connectivity index (χ4n) is 1.89. The normalized spacial score (nSPS) is 14.1. The fourth-order valence-corrected chi connectivity index (χ4v) is 2.74. The first-order valence-electron chi connectivity index (χ1n) is 6.32. The average molecular weight is 296 g/mol. The molecule has 102 valence electrons. The van der Waals surface area contributed by atoms with Gasteiger partial charge in [0.25, 0.3) is 0 Å². The highest BCUT2D eigenvalue weighted by atomic mass is 35.5. The zero-order valence-electron chi connectivity index (χ0n) is 11.1. The lowest BCUT2D eigenvalue weighted by Gasteiger charge is -2.24. The molecule has 4 heteroatoms. The predicted molar refractivity (Wildman–Crippen MR) is 82.1 cm³/mol. The van der Waals surface area contributed by atoms with Gasteiger partial charge in [-0.15, -0.1) is 0 Å². The van der Waals surface area contributed by atoms with Gasteiger partial charge in [-0.25, -0.2) is 0 Å². The molecule has 1 aromatic carbocycles. The second-order valence-electron chi connectivity index (χ2n) is 4.60. The van der Waals surface area contributed by atoms with E-state index in [0.29, 0.717) is 10.8 Å². The number of thiophene rings is 1. The summed E-state index contributed by atoms with van der Waals surface area (Å²) in [5.74, 6) is 0.696. The van der Waals surface area contributed by atoms with Gasteiger partial charge in [-0.1, -0.05) is 24.6 Å². The van der Waals surface area contributed by atoms with Crippen molar-refractivity contribution >= 4 is 22.9 Å². The van der Waals surface area contributed by atoms with Crippen LogP contribution in [0.5, 0.6) is 5.75 Å². The number of hydrogen-bond acceptors (Lipinski definition) is 3. The van der Waals surface area contributed by atoms with Crippen molar-refractivity contribution in [2.75, 3.05) is 0 Å². The van der Waals surface area contributed by atoms with E-state index in [2.05, 4.69) is 18.4 Å². The number of hydrogen-bond donors (Lipinski definition) is 1. The largest absolute Gasteiger partial charge is 0.483 e. The lowest BCUT2D eigenvalue weighted by Crippen LogP contribution is -2.31. The van der Waals surface area contributed by atoms with Crippen LogP contribution in [0.15, 0.2) is 35.0 Å². The van der Waals surface area contributed by atoms with Crippen LogP contribution in [0.1, 0.15) is 30.6 Å². The maximum atomic E-state index is 6.19. The maximum Gasteiger partial charge on any atom is 0.140 e. The van der Waals surface area contributed by atoms with E-state index in [1.54, 1.807) is 11.3 Å². The van der Waals surface area contributed by atoms with E-state index in [1.807, 2.05) is 30.5 Å². The van der Waals surface area contributed by atoms with Crippen LogP contribution in [0, 0.1) is 6.92 Å². The van der Waals surface area contributed by atoms with Gasteiger partial charge in [0.1, 0.15) is 11.9 Å². The van der Waals surface area contributed by atoms with Crippen LogP contribution in [0.2, 0.25) is 5.02 Å². The second kappa shape index (κ2) is 6.42. The molecule has 0 saturated carbocycles. The Labute approximate surface area is 123 Å². The van der Waals surface area contributed by atoms with Gasteiger partial charge in [0, 0.05) is 11.6 Å². The SMILES string of the molecule is CCC(N)C(Oc1cc(C)ccc1Cl)c1ccsc1. The van der Waals surface area contributed by atoms with Gasteiger partial charge in [-0.2, -0.15) is 11.3 Å². The van der Waals surface area contributed by atoms with Crippen LogP contribution in [0.25, 0.3) is 0 Å². The molecule has 0 aliphatic rings. The van der Waals surface area contributed by atoms with E-state index in [9.17, 15) is 0 Å². The molecule has 0 aliphatic carbocycles. The molecule has 0 bridgehead atoms. The minimum absolute atomic E-state index is 0.0498. The van der Waals surface area contributed by atoms with Crippen molar-refractivity contribution in [3.8, 4) is 5.75 Å². The minimum atomic E-state index is -0.157. The van der Waals surface area contributed by atoms with Crippen LogP contribution in [-0.4, -0.2) is 6.04 Å². The van der Waals surface area contributed by atoms with Gasteiger partial charge in [0.2, 0.25) is 0 Å². The number of halogens is 1. The van der Waals surface area contributed by atoms with Crippen LogP contribution >= 0.6 is 22.9 Å². The Morgan fingerprint density at radius 2 is 2.16 bits per heavy atom. The first-order chi connectivity index (χ1) is 9.11. The number of rotatable bonds is 5. The maximum absolute atomic E-state index is 6.19. The topological polar surface area (TPSA) is 35.2 Å². The smallest absolute Gasteiger partial charge is 0.140 e. The monoisotopic (exact) mass is 295 g/mol. The Balaban J connectivity index is 2.28. The van der Waals surface area contributed by atoms with Crippen LogP contribution in [0.3, 0.4) is 0 Å². The molecule has 0 saturated heterocycles. The second-order valence-corrected chi connectivity index (χ2v) is 5.79. The lowest BCUT2D eigenvalue weighted by atomic mass is 10.0. The molecule has 0 amide bonds. The van der Waals surface area contributed by atoms with Crippen molar-refractivity contribution in [1.29, 1.82) is 0 Å². The summed E-state index contributed by atoms with van der Waals surface area (Å²) in [6, 6.07) is 7.77. The number of aryl methyl sites for hydroxylation is 1. The molecular weight excluding hydrogens is 278 g/mol. The Morgan fingerprint density at radius 1 is 1.37 bits per heavy atom. The third kappa shape index (κ3) is 3.50. The van der Waals surface area contributed by atoms with E-state index in [-0.39, 0.29) is 12.1 Å². The van der Waals surface area contributed by atoms with E-state index in [0.717, 1.165) is 17.5 Å². The molecule has 0 aliphatic heterocycles. The molecule has 0 fully saturated rings. The third-order valence-corrected chi connectivity index (χ3v) is 4.09. The Bertz CT molecular complexity index is 527. The molecule has 2 aromatic rings.